The fraction of sp³-hybridized carbons (Fsp3) is 0.674. The number of benzene rings is 1. The molecule has 1 aromatic carbocycles. The van der Waals surface area contributed by atoms with Crippen molar-refractivity contribution in [3.05, 3.63) is 48.6 Å². The number of ether oxygens (including phenoxy) is 1. The Balaban J connectivity index is 1.51. The maximum Gasteiger partial charge on any atom is 0.424 e. The highest BCUT2D eigenvalue weighted by Crippen LogP contribution is 2.36. The number of hydrogen-bond donors (Lipinski definition) is 4. The third kappa shape index (κ3) is 13.0. The molecule has 4 rings (SSSR count). The van der Waals surface area contributed by atoms with Gasteiger partial charge >= 0.3 is 22.3 Å². The Morgan fingerprint density at radius 3 is 2.17 bits per heavy atom. The summed E-state index contributed by atoms with van der Waals surface area (Å²) in [6.07, 6.45) is 7.15. The first kappa shape index (κ1) is 48.2. The lowest BCUT2D eigenvalue weighted by Gasteiger charge is -2.38. The number of carbonyl (C=O) groups is 6. The average Bonchev–Trinajstić information content (AvgIpc) is 3.92. The molecule has 2 aliphatic carbocycles. The van der Waals surface area contributed by atoms with Crippen LogP contribution in [0.2, 0.25) is 0 Å². The molecule has 2 saturated carbocycles. The second-order valence-electron chi connectivity index (χ2n) is 18.0. The fourth-order valence-corrected chi connectivity index (χ4v) is 9.05. The predicted molar refractivity (Wildman–Crippen MR) is 227 cm³/mol. The third-order valence-corrected chi connectivity index (χ3v) is 13.8. The second kappa shape index (κ2) is 21.3. The van der Waals surface area contributed by atoms with Gasteiger partial charge in [0.25, 0.3) is 5.91 Å². The highest BCUT2D eigenvalue weighted by molar-refractivity contribution is 7.87. The van der Waals surface area contributed by atoms with Crippen molar-refractivity contribution in [3.8, 4) is 0 Å². The molecule has 1 saturated heterocycles. The van der Waals surface area contributed by atoms with Crippen molar-refractivity contribution in [2.24, 2.45) is 29.1 Å². The molecule has 0 bridgehead atoms. The van der Waals surface area contributed by atoms with E-state index in [9.17, 15) is 37.2 Å². The molecule has 17 heteroatoms. The zero-order valence-corrected chi connectivity index (χ0v) is 37.2. The number of likely N-dealkylation sites (N-methyl/N-ethyl adjacent to an activating group) is 1. The number of Topliss-reactive ketones (excluding diaryl/α,β-unsaturated/α-hetero) is 1. The van der Waals surface area contributed by atoms with Crippen molar-refractivity contribution < 1.29 is 41.9 Å². The monoisotopic (exact) mass is 857 g/mol. The molecule has 6 amide bonds. The van der Waals surface area contributed by atoms with Crippen molar-refractivity contribution in [1.82, 2.24) is 34.8 Å². The maximum absolute atomic E-state index is 14.8. The van der Waals surface area contributed by atoms with Gasteiger partial charge in [0, 0.05) is 39.8 Å². The standard InChI is InChI=1S/C43H67N7O9S/c1-9-23-44-39(53)37(51)33(25-29-20-21-29)45-38(52)36-32(28(2)3)22-24-50(36)40(54)35(31-18-14-11-15-19-31)47-41(55)46-34(43(4,5)6)26-48(7)60(57,58)49(8)42(56)59-27-30-16-12-10-13-17-30/h9-10,12-13,16-17,28-29,31-36H,1,11,14-15,18-27H2,2-8H3,(H,44,53)(H,45,52)(H2,46,47,55)/t32-,33?,34-,35+,36+/m1/s1. The SMILES string of the molecule is C=CCNC(=O)C(=O)C(CC1CC1)NC(=O)[C@@H]1[C@@H](C(C)C)CCN1C(=O)[C@@H](NC(=O)N[C@H](CN(C)S(=O)(=O)N(C)C(=O)OCc1ccccc1)C(C)(C)C)C1CCCCC1. The number of likely N-dealkylation sites (tertiary alicyclic amines) is 1. The van der Waals surface area contributed by atoms with E-state index in [1.54, 1.807) is 24.3 Å². The first-order valence-electron chi connectivity index (χ1n) is 21.3. The van der Waals surface area contributed by atoms with Crippen LogP contribution >= 0.6 is 0 Å². The van der Waals surface area contributed by atoms with Crippen LogP contribution in [0, 0.1) is 29.1 Å². The van der Waals surface area contributed by atoms with Crippen LogP contribution in [0.15, 0.2) is 43.0 Å². The quantitative estimate of drug-likeness (QED) is 0.117. The lowest BCUT2D eigenvalue weighted by molar-refractivity contribution is -0.144. The minimum atomic E-state index is -4.38. The van der Waals surface area contributed by atoms with E-state index in [2.05, 4.69) is 27.8 Å². The maximum atomic E-state index is 14.8. The smallest absolute Gasteiger partial charge is 0.424 e. The number of ketones is 1. The molecule has 1 unspecified atom stereocenters. The molecule has 5 atom stereocenters. The second-order valence-corrected chi connectivity index (χ2v) is 20.1. The summed E-state index contributed by atoms with van der Waals surface area (Å²) < 4.78 is 33.8. The molecule has 3 aliphatic rings. The summed E-state index contributed by atoms with van der Waals surface area (Å²) in [7, 11) is -1.96. The van der Waals surface area contributed by atoms with E-state index >= 15 is 0 Å². The Hall–Kier alpha value is -4.51. The van der Waals surface area contributed by atoms with Gasteiger partial charge in [-0.2, -0.15) is 17.0 Å². The lowest BCUT2D eigenvalue weighted by Crippen LogP contribution is -2.61. The highest BCUT2D eigenvalue weighted by Gasteiger charge is 2.48. The van der Waals surface area contributed by atoms with Crippen LogP contribution in [0.3, 0.4) is 0 Å². The zero-order valence-electron chi connectivity index (χ0n) is 36.4. The molecule has 0 spiro atoms. The molecule has 1 aromatic rings. The first-order chi connectivity index (χ1) is 28.3. The van der Waals surface area contributed by atoms with Crippen LogP contribution < -0.4 is 21.3 Å². The molecule has 1 heterocycles. The van der Waals surface area contributed by atoms with Crippen LogP contribution in [0.4, 0.5) is 9.59 Å². The Bertz CT molecular complexity index is 1790. The molecule has 3 fully saturated rings. The van der Waals surface area contributed by atoms with Gasteiger partial charge in [0.2, 0.25) is 17.6 Å². The Morgan fingerprint density at radius 2 is 1.58 bits per heavy atom. The number of amides is 6. The molecule has 1 aliphatic heterocycles. The van der Waals surface area contributed by atoms with Gasteiger partial charge in [-0.3, -0.25) is 19.2 Å². The summed E-state index contributed by atoms with van der Waals surface area (Å²) in [5, 5.41) is 11.2. The van der Waals surface area contributed by atoms with Gasteiger partial charge in [-0.25, -0.2) is 9.59 Å². The van der Waals surface area contributed by atoms with Gasteiger partial charge in [0.05, 0.1) is 6.04 Å². The summed E-state index contributed by atoms with van der Waals surface area (Å²) in [6.45, 7) is 13.1. The first-order valence-corrected chi connectivity index (χ1v) is 22.7. The topological polar surface area (TPSA) is 204 Å². The van der Waals surface area contributed by atoms with Crippen LogP contribution in [-0.2, 0) is 40.7 Å². The van der Waals surface area contributed by atoms with E-state index in [1.165, 1.54) is 18.0 Å². The Morgan fingerprint density at radius 1 is 0.933 bits per heavy atom. The normalized spacial score (nSPS) is 20.1. The molecule has 4 N–H and O–H groups in total. The van der Waals surface area contributed by atoms with Gasteiger partial charge in [-0.05, 0) is 60.3 Å². The summed E-state index contributed by atoms with van der Waals surface area (Å²) in [6, 6.07) is 4.42. The van der Waals surface area contributed by atoms with Gasteiger partial charge in [-0.1, -0.05) is 103 Å². The third-order valence-electron chi connectivity index (χ3n) is 12.0. The van der Waals surface area contributed by atoms with Crippen molar-refractivity contribution in [2.45, 2.75) is 123 Å². The zero-order chi connectivity index (χ0) is 44.4. The Labute approximate surface area is 356 Å². The molecular weight excluding hydrogens is 791 g/mol. The summed E-state index contributed by atoms with van der Waals surface area (Å²) in [5.41, 5.74) is 0.00793. The average molecular weight is 858 g/mol. The number of nitrogens with one attached hydrogen (secondary N) is 4. The van der Waals surface area contributed by atoms with Gasteiger partial charge in [0.15, 0.2) is 0 Å². The molecule has 60 heavy (non-hydrogen) atoms. The van der Waals surface area contributed by atoms with Crippen LogP contribution in [0.25, 0.3) is 0 Å². The van der Waals surface area contributed by atoms with E-state index in [4.69, 9.17) is 4.74 Å². The number of rotatable bonds is 19. The van der Waals surface area contributed by atoms with Crippen molar-refractivity contribution >= 4 is 45.8 Å². The number of nitrogens with zero attached hydrogens (tertiary/aromatic N) is 3. The van der Waals surface area contributed by atoms with Crippen molar-refractivity contribution in [2.75, 3.05) is 33.7 Å². The van der Waals surface area contributed by atoms with E-state index in [-0.39, 0.29) is 49.9 Å². The number of hydrogen-bond acceptors (Lipinski definition) is 9. The highest BCUT2D eigenvalue weighted by atomic mass is 32.2. The molecule has 334 valence electrons. The minimum absolute atomic E-state index is 0.00184. The lowest BCUT2D eigenvalue weighted by atomic mass is 9.82. The number of carbonyl (C=O) groups excluding carboxylic acids is 6. The summed E-state index contributed by atoms with van der Waals surface area (Å²) >= 11 is 0. The van der Waals surface area contributed by atoms with Gasteiger partial charge in [-0.15, -0.1) is 6.58 Å². The van der Waals surface area contributed by atoms with Gasteiger partial charge in [0.1, 0.15) is 18.7 Å². The van der Waals surface area contributed by atoms with Crippen molar-refractivity contribution in [1.29, 1.82) is 0 Å². The summed E-state index contributed by atoms with van der Waals surface area (Å²) in [4.78, 5) is 83.4. The Kier molecular flexibility index (Phi) is 17.1. The predicted octanol–water partition coefficient (Wildman–Crippen LogP) is 4.12. The van der Waals surface area contributed by atoms with Gasteiger partial charge < -0.3 is 30.9 Å². The minimum Gasteiger partial charge on any atom is -0.444 e. The van der Waals surface area contributed by atoms with E-state index in [1.807, 2.05) is 40.7 Å². The fourth-order valence-electron chi connectivity index (χ4n) is 8.05. The van der Waals surface area contributed by atoms with Crippen LogP contribution in [-0.4, -0.2) is 115 Å². The van der Waals surface area contributed by atoms with Crippen LogP contribution in [0.1, 0.15) is 98.0 Å². The van der Waals surface area contributed by atoms with E-state index in [0.29, 0.717) is 35.6 Å². The largest absolute Gasteiger partial charge is 0.444 e. The molecular formula is C43H67N7O9S. The molecule has 0 radical (unpaired) electrons. The van der Waals surface area contributed by atoms with E-state index in [0.717, 1.165) is 43.5 Å². The molecule has 0 aromatic heterocycles. The molecule has 16 nitrogen and oxygen atoms in total. The summed E-state index contributed by atoms with van der Waals surface area (Å²) in [5.74, 6) is -2.70. The van der Waals surface area contributed by atoms with Crippen LogP contribution in [0.5, 0.6) is 0 Å². The van der Waals surface area contributed by atoms with Crippen molar-refractivity contribution in [3.63, 3.8) is 0 Å². The van der Waals surface area contributed by atoms with E-state index < -0.39 is 75.4 Å². The number of urea groups is 1.